The van der Waals surface area contributed by atoms with E-state index in [1.807, 2.05) is 13.8 Å². The lowest BCUT2D eigenvalue weighted by Crippen LogP contribution is -2.48. The summed E-state index contributed by atoms with van der Waals surface area (Å²) in [5.74, 6) is -0.592. The van der Waals surface area contributed by atoms with Gasteiger partial charge in [0, 0.05) is 34.8 Å². The van der Waals surface area contributed by atoms with E-state index in [1.54, 1.807) is 12.1 Å². The molecule has 0 spiro atoms. The van der Waals surface area contributed by atoms with Gasteiger partial charge in [0.2, 0.25) is 0 Å². The number of benzene rings is 1. The first kappa shape index (κ1) is 15.9. The summed E-state index contributed by atoms with van der Waals surface area (Å²) in [6, 6.07) is 4.82. The standard InChI is InChI=1S/C15H19FN2O2S/c1-15(2,8-17)18-14(19)13-9(7-20-3)12-10(16)5-4-6-11(12)21-13/h4-6H,7-8,17H2,1-3H3,(H,18,19). The number of nitrogens with one attached hydrogen (secondary N) is 1. The summed E-state index contributed by atoms with van der Waals surface area (Å²) >= 11 is 1.26. The Labute approximate surface area is 127 Å². The highest BCUT2D eigenvalue weighted by Gasteiger charge is 2.25. The average molecular weight is 310 g/mol. The Morgan fingerprint density at radius 2 is 2.19 bits per heavy atom. The fourth-order valence-electron chi connectivity index (χ4n) is 2.05. The number of nitrogens with two attached hydrogens (primary N) is 1. The predicted octanol–water partition coefficient (Wildman–Crippen LogP) is 2.65. The van der Waals surface area contributed by atoms with E-state index in [9.17, 15) is 9.18 Å². The number of carbonyl (C=O) groups excluding carboxylic acids is 1. The zero-order valence-electron chi connectivity index (χ0n) is 12.3. The predicted molar refractivity (Wildman–Crippen MR) is 83.1 cm³/mol. The molecule has 6 heteroatoms. The van der Waals surface area contributed by atoms with E-state index >= 15 is 0 Å². The van der Waals surface area contributed by atoms with E-state index in [1.165, 1.54) is 24.5 Å². The third-order valence-corrected chi connectivity index (χ3v) is 4.42. The van der Waals surface area contributed by atoms with E-state index in [-0.39, 0.29) is 18.3 Å². The minimum Gasteiger partial charge on any atom is -0.380 e. The van der Waals surface area contributed by atoms with Crippen LogP contribution in [-0.2, 0) is 11.3 Å². The van der Waals surface area contributed by atoms with Gasteiger partial charge in [-0.1, -0.05) is 6.07 Å². The highest BCUT2D eigenvalue weighted by molar-refractivity contribution is 7.21. The van der Waals surface area contributed by atoms with E-state index in [0.29, 0.717) is 22.4 Å². The molecule has 0 radical (unpaired) electrons. The molecule has 3 N–H and O–H groups in total. The number of methoxy groups -OCH3 is 1. The fourth-order valence-corrected chi connectivity index (χ4v) is 3.17. The Bertz CT molecular complexity index is 667. The highest BCUT2D eigenvalue weighted by atomic mass is 32.1. The van der Waals surface area contributed by atoms with Gasteiger partial charge in [-0.25, -0.2) is 4.39 Å². The fraction of sp³-hybridized carbons (Fsp3) is 0.400. The summed E-state index contributed by atoms with van der Waals surface area (Å²) in [5, 5.41) is 3.33. The quantitative estimate of drug-likeness (QED) is 0.892. The zero-order valence-corrected chi connectivity index (χ0v) is 13.1. The van der Waals surface area contributed by atoms with E-state index in [4.69, 9.17) is 10.5 Å². The van der Waals surface area contributed by atoms with E-state index in [0.717, 1.165) is 4.70 Å². The molecule has 1 heterocycles. The molecule has 0 bridgehead atoms. The molecule has 21 heavy (non-hydrogen) atoms. The average Bonchev–Trinajstić information content (AvgIpc) is 2.79. The van der Waals surface area contributed by atoms with Crippen molar-refractivity contribution >= 4 is 27.3 Å². The molecule has 114 valence electrons. The SMILES string of the molecule is COCc1c(C(=O)NC(C)(C)CN)sc2cccc(F)c12. The Morgan fingerprint density at radius 1 is 1.48 bits per heavy atom. The molecule has 2 aromatic rings. The lowest BCUT2D eigenvalue weighted by molar-refractivity contribution is 0.0915. The van der Waals surface area contributed by atoms with Gasteiger partial charge in [-0.05, 0) is 26.0 Å². The van der Waals surface area contributed by atoms with Crippen molar-refractivity contribution in [2.45, 2.75) is 26.0 Å². The Morgan fingerprint density at radius 3 is 2.81 bits per heavy atom. The summed E-state index contributed by atoms with van der Waals surface area (Å²) in [6.07, 6.45) is 0. The van der Waals surface area contributed by atoms with Crippen molar-refractivity contribution in [2.24, 2.45) is 5.73 Å². The molecule has 0 saturated heterocycles. The molecule has 1 amide bonds. The van der Waals surface area contributed by atoms with Gasteiger partial charge in [0.25, 0.3) is 5.91 Å². The van der Waals surface area contributed by atoms with Crippen LogP contribution in [0, 0.1) is 5.82 Å². The van der Waals surface area contributed by atoms with Crippen molar-refractivity contribution < 1.29 is 13.9 Å². The van der Waals surface area contributed by atoms with Crippen LogP contribution in [-0.4, -0.2) is 25.1 Å². The molecule has 0 aliphatic rings. The maximum Gasteiger partial charge on any atom is 0.262 e. The second-order valence-electron chi connectivity index (χ2n) is 5.50. The number of hydrogen-bond donors (Lipinski definition) is 2. The maximum atomic E-state index is 14.1. The Kier molecular flexibility index (Phi) is 4.61. The van der Waals surface area contributed by atoms with Crippen LogP contribution in [0.4, 0.5) is 4.39 Å². The number of amides is 1. The van der Waals surface area contributed by atoms with Crippen LogP contribution in [0.15, 0.2) is 18.2 Å². The van der Waals surface area contributed by atoms with Gasteiger partial charge in [0.1, 0.15) is 5.82 Å². The Balaban J connectivity index is 2.50. The number of rotatable bonds is 5. The largest absolute Gasteiger partial charge is 0.380 e. The summed E-state index contributed by atoms with van der Waals surface area (Å²) in [7, 11) is 1.52. The van der Waals surface area contributed by atoms with E-state index in [2.05, 4.69) is 5.32 Å². The molecule has 2 rings (SSSR count). The van der Waals surface area contributed by atoms with Crippen LogP contribution in [0.2, 0.25) is 0 Å². The molecule has 0 fully saturated rings. The van der Waals surface area contributed by atoms with Crippen molar-refractivity contribution in [1.29, 1.82) is 0 Å². The summed E-state index contributed by atoms with van der Waals surface area (Å²) in [6.45, 7) is 4.19. The lowest BCUT2D eigenvalue weighted by Gasteiger charge is -2.24. The van der Waals surface area contributed by atoms with Gasteiger partial charge in [0.05, 0.1) is 11.5 Å². The number of carbonyl (C=O) groups is 1. The van der Waals surface area contributed by atoms with Crippen molar-refractivity contribution in [1.82, 2.24) is 5.32 Å². The molecule has 1 aromatic heterocycles. The lowest BCUT2D eigenvalue weighted by atomic mass is 10.1. The molecule has 4 nitrogen and oxygen atoms in total. The van der Waals surface area contributed by atoms with Crippen LogP contribution in [0.1, 0.15) is 29.1 Å². The van der Waals surface area contributed by atoms with Crippen molar-refractivity contribution in [3.8, 4) is 0 Å². The first-order chi connectivity index (χ1) is 9.89. The molecule has 0 saturated carbocycles. The number of halogens is 1. The van der Waals surface area contributed by atoms with Crippen molar-refractivity contribution in [3.05, 3.63) is 34.5 Å². The smallest absolute Gasteiger partial charge is 0.262 e. The van der Waals surface area contributed by atoms with Crippen molar-refractivity contribution in [2.75, 3.05) is 13.7 Å². The van der Waals surface area contributed by atoms with Gasteiger partial charge in [-0.2, -0.15) is 0 Å². The molecule has 0 unspecified atom stereocenters. The normalized spacial score (nSPS) is 11.9. The minimum atomic E-state index is -0.518. The topological polar surface area (TPSA) is 64.3 Å². The minimum absolute atomic E-state index is 0.187. The zero-order chi connectivity index (χ0) is 15.6. The molecule has 0 atom stereocenters. The number of thiophene rings is 1. The molecule has 0 aliphatic heterocycles. The summed E-state index contributed by atoms with van der Waals surface area (Å²) in [4.78, 5) is 12.9. The molecule has 0 aliphatic carbocycles. The van der Waals surface area contributed by atoms with Crippen LogP contribution in [0.25, 0.3) is 10.1 Å². The van der Waals surface area contributed by atoms with Gasteiger partial charge < -0.3 is 15.8 Å². The first-order valence-electron chi connectivity index (χ1n) is 6.61. The summed E-state index contributed by atoms with van der Waals surface area (Å²) in [5.41, 5.74) is 5.70. The summed E-state index contributed by atoms with van der Waals surface area (Å²) < 4.78 is 19.9. The number of ether oxygens (including phenoxy) is 1. The second-order valence-corrected chi connectivity index (χ2v) is 6.55. The van der Waals surface area contributed by atoms with Crippen LogP contribution >= 0.6 is 11.3 Å². The third-order valence-electron chi connectivity index (χ3n) is 3.22. The second kappa shape index (κ2) is 6.09. The van der Waals surface area contributed by atoms with Gasteiger partial charge in [-0.15, -0.1) is 11.3 Å². The van der Waals surface area contributed by atoms with Crippen LogP contribution < -0.4 is 11.1 Å². The molecule has 1 aromatic carbocycles. The Hall–Kier alpha value is -1.50. The molecular weight excluding hydrogens is 291 g/mol. The van der Waals surface area contributed by atoms with E-state index < -0.39 is 5.54 Å². The monoisotopic (exact) mass is 310 g/mol. The molecular formula is C15H19FN2O2S. The van der Waals surface area contributed by atoms with Gasteiger partial charge in [-0.3, -0.25) is 4.79 Å². The van der Waals surface area contributed by atoms with Crippen molar-refractivity contribution in [3.63, 3.8) is 0 Å². The first-order valence-corrected chi connectivity index (χ1v) is 7.42. The van der Waals surface area contributed by atoms with Crippen LogP contribution in [0.3, 0.4) is 0 Å². The number of fused-ring (bicyclic) bond motifs is 1. The van der Waals surface area contributed by atoms with Gasteiger partial charge in [0.15, 0.2) is 0 Å². The van der Waals surface area contributed by atoms with Crippen LogP contribution in [0.5, 0.6) is 0 Å². The highest BCUT2D eigenvalue weighted by Crippen LogP contribution is 2.34. The maximum absolute atomic E-state index is 14.1. The number of hydrogen-bond acceptors (Lipinski definition) is 4. The third kappa shape index (κ3) is 3.23. The van der Waals surface area contributed by atoms with Gasteiger partial charge >= 0.3 is 0 Å².